The van der Waals surface area contributed by atoms with Crippen molar-refractivity contribution in [1.29, 1.82) is 0 Å². The van der Waals surface area contributed by atoms with Crippen LogP contribution in [0, 0.1) is 0 Å². The maximum atomic E-state index is 11.8. The normalized spacial score (nSPS) is 19.2. The van der Waals surface area contributed by atoms with Gasteiger partial charge in [0.1, 0.15) is 12.1 Å². The average Bonchev–Trinajstić information content (AvgIpc) is 2.54. The molecule has 1 aromatic heterocycles. The second kappa shape index (κ2) is 6.41. The molecule has 1 aliphatic rings. The third kappa shape index (κ3) is 3.30. The van der Waals surface area contributed by atoms with E-state index in [9.17, 15) is 13.5 Å². The van der Waals surface area contributed by atoms with Gasteiger partial charge in [0, 0.05) is 30.8 Å². The molecule has 7 heteroatoms. The van der Waals surface area contributed by atoms with Crippen LogP contribution in [0.15, 0.2) is 29.4 Å². The van der Waals surface area contributed by atoms with Crippen molar-refractivity contribution >= 4 is 26.6 Å². The van der Waals surface area contributed by atoms with Gasteiger partial charge in [-0.25, -0.2) is 18.4 Å². The maximum absolute atomic E-state index is 11.8. The summed E-state index contributed by atoms with van der Waals surface area (Å²) in [6.07, 6.45) is 6.63. The highest BCUT2D eigenvalue weighted by molar-refractivity contribution is 7.90. The molecule has 0 spiro atoms. The van der Waals surface area contributed by atoms with Gasteiger partial charge in [-0.05, 0) is 43.9 Å². The van der Waals surface area contributed by atoms with Gasteiger partial charge in [-0.3, -0.25) is 0 Å². The topological polar surface area (TPSA) is 83.4 Å². The predicted octanol–water partition coefficient (Wildman–Crippen LogP) is 1.77. The van der Waals surface area contributed by atoms with Gasteiger partial charge >= 0.3 is 0 Å². The number of rotatable bonds is 4. The highest BCUT2D eigenvalue weighted by Gasteiger charge is 2.25. The molecule has 1 fully saturated rings. The average molecular weight is 335 g/mol. The standard InChI is InChI=1S/C16H21N3O3S/c1-23(21,22)13-5-6-15-14(10-13)16(18-11-17-15)19-8-3-2-4-12(19)7-9-20/h5-6,10-12,20H,2-4,7-9H2,1H3. The van der Waals surface area contributed by atoms with Crippen molar-refractivity contribution in [1.82, 2.24) is 9.97 Å². The van der Waals surface area contributed by atoms with Crippen LogP contribution in [0.25, 0.3) is 10.9 Å². The molecule has 0 aliphatic carbocycles. The zero-order valence-corrected chi connectivity index (χ0v) is 14.0. The van der Waals surface area contributed by atoms with E-state index in [-0.39, 0.29) is 17.5 Å². The lowest BCUT2D eigenvalue weighted by Crippen LogP contribution is -2.40. The Morgan fingerprint density at radius 2 is 2.13 bits per heavy atom. The number of fused-ring (bicyclic) bond motifs is 1. The van der Waals surface area contributed by atoms with E-state index in [1.54, 1.807) is 18.2 Å². The van der Waals surface area contributed by atoms with E-state index in [0.717, 1.165) is 42.5 Å². The molecule has 0 bridgehead atoms. The highest BCUT2D eigenvalue weighted by atomic mass is 32.2. The molecular formula is C16H21N3O3S. The SMILES string of the molecule is CS(=O)(=O)c1ccc2ncnc(N3CCCCC3CCO)c2c1. The van der Waals surface area contributed by atoms with E-state index in [0.29, 0.717) is 6.42 Å². The summed E-state index contributed by atoms with van der Waals surface area (Å²) in [4.78, 5) is 11.1. The highest BCUT2D eigenvalue weighted by Crippen LogP contribution is 2.31. The fraction of sp³-hybridized carbons (Fsp3) is 0.500. The van der Waals surface area contributed by atoms with Gasteiger partial charge < -0.3 is 10.0 Å². The van der Waals surface area contributed by atoms with Crippen molar-refractivity contribution in [2.45, 2.75) is 36.6 Å². The third-order valence-corrected chi connectivity index (χ3v) is 5.49. The number of hydrogen-bond acceptors (Lipinski definition) is 6. The van der Waals surface area contributed by atoms with Gasteiger partial charge in [-0.2, -0.15) is 0 Å². The van der Waals surface area contributed by atoms with Gasteiger partial charge in [0.15, 0.2) is 9.84 Å². The molecule has 1 aliphatic heterocycles. The van der Waals surface area contributed by atoms with Crippen molar-refractivity contribution in [3.8, 4) is 0 Å². The molecular weight excluding hydrogens is 314 g/mol. The molecule has 124 valence electrons. The molecule has 2 aromatic rings. The van der Waals surface area contributed by atoms with Crippen LogP contribution in [0.1, 0.15) is 25.7 Å². The Kier molecular flexibility index (Phi) is 4.50. The zero-order chi connectivity index (χ0) is 16.4. The van der Waals surface area contributed by atoms with E-state index in [1.165, 1.54) is 12.6 Å². The summed E-state index contributed by atoms with van der Waals surface area (Å²) >= 11 is 0. The summed E-state index contributed by atoms with van der Waals surface area (Å²) in [5.41, 5.74) is 0.732. The number of aliphatic hydroxyl groups excluding tert-OH is 1. The Bertz CT molecular complexity index is 805. The Hall–Kier alpha value is -1.73. The van der Waals surface area contributed by atoms with Crippen molar-refractivity contribution in [2.75, 3.05) is 24.3 Å². The second-order valence-corrected chi connectivity index (χ2v) is 8.02. The molecule has 0 amide bonds. The van der Waals surface area contributed by atoms with Gasteiger partial charge in [0.25, 0.3) is 0 Å². The van der Waals surface area contributed by atoms with Crippen LogP contribution in [-0.2, 0) is 9.84 Å². The molecule has 1 aromatic carbocycles. The van der Waals surface area contributed by atoms with Crippen LogP contribution in [0.4, 0.5) is 5.82 Å². The number of piperidine rings is 1. The van der Waals surface area contributed by atoms with Crippen LogP contribution < -0.4 is 4.90 Å². The number of aromatic nitrogens is 2. The summed E-state index contributed by atoms with van der Waals surface area (Å²) in [5.74, 6) is 0.763. The summed E-state index contributed by atoms with van der Waals surface area (Å²) in [7, 11) is -3.28. The summed E-state index contributed by atoms with van der Waals surface area (Å²) in [6, 6.07) is 5.19. The van der Waals surface area contributed by atoms with E-state index < -0.39 is 9.84 Å². The number of aliphatic hydroxyl groups is 1. The molecule has 1 saturated heterocycles. The van der Waals surface area contributed by atoms with Crippen molar-refractivity contribution < 1.29 is 13.5 Å². The van der Waals surface area contributed by atoms with Gasteiger partial charge in [0.2, 0.25) is 0 Å². The fourth-order valence-electron chi connectivity index (χ4n) is 3.21. The minimum Gasteiger partial charge on any atom is -0.396 e. The molecule has 3 rings (SSSR count). The summed E-state index contributed by atoms with van der Waals surface area (Å²) < 4.78 is 23.7. The summed E-state index contributed by atoms with van der Waals surface area (Å²) in [5, 5.41) is 10.1. The first-order valence-electron chi connectivity index (χ1n) is 7.83. The lowest BCUT2D eigenvalue weighted by atomic mass is 9.99. The molecule has 1 atom stereocenters. The minimum absolute atomic E-state index is 0.138. The van der Waals surface area contributed by atoms with Crippen LogP contribution in [-0.4, -0.2) is 48.9 Å². The predicted molar refractivity (Wildman–Crippen MR) is 89.3 cm³/mol. The third-order valence-electron chi connectivity index (χ3n) is 4.38. The molecule has 1 unspecified atom stereocenters. The van der Waals surface area contributed by atoms with Crippen LogP contribution in [0.5, 0.6) is 0 Å². The molecule has 1 N–H and O–H groups in total. The zero-order valence-electron chi connectivity index (χ0n) is 13.1. The summed E-state index contributed by atoms with van der Waals surface area (Å²) in [6.45, 7) is 0.999. The first-order valence-corrected chi connectivity index (χ1v) is 9.72. The number of nitrogens with zero attached hydrogens (tertiary/aromatic N) is 3. The Morgan fingerprint density at radius 1 is 1.30 bits per heavy atom. The Balaban J connectivity index is 2.12. The van der Waals surface area contributed by atoms with Crippen LogP contribution in [0.3, 0.4) is 0 Å². The molecule has 2 heterocycles. The van der Waals surface area contributed by atoms with Crippen molar-refractivity contribution in [2.24, 2.45) is 0 Å². The molecule has 23 heavy (non-hydrogen) atoms. The minimum atomic E-state index is -3.28. The lowest BCUT2D eigenvalue weighted by Gasteiger charge is -2.37. The first-order chi connectivity index (χ1) is 11.0. The number of hydrogen-bond donors (Lipinski definition) is 1. The van der Waals surface area contributed by atoms with E-state index >= 15 is 0 Å². The van der Waals surface area contributed by atoms with E-state index in [4.69, 9.17) is 0 Å². The Labute approximate surface area is 136 Å². The smallest absolute Gasteiger partial charge is 0.175 e. The first kappa shape index (κ1) is 16.1. The fourth-order valence-corrected chi connectivity index (χ4v) is 3.86. The number of sulfone groups is 1. The lowest BCUT2D eigenvalue weighted by molar-refractivity contribution is 0.262. The van der Waals surface area contributed by atoms with Crippen molar-refractivity contribution in [3.05, 3.63) is 24.5 Å². The molecule has 0 saturated carbocycles. The monoisotopic (exact) mass is 335 g/mol. The van der Waals surface area contributed by atoms with Crippen LogP contribution in [0.2, 0.25) is 0 Å². The Morgan fingerprint density at radius 3 is 2.87 bits per heavy atom. The number of anilines is 1. The second-order valence-electron chi connectivity index (χ2n) is 6.00. The van der Waals surface area contributed by atoms with Gasteiger partial charge in [0.05, 0.1) is 10.4 Å². The van der Waals surface area contributed by atoms with E-state index in [1.807, 2.05) is 0 Å². The maximum Gasteiger partial charge on any atom is 0.175 e. The van der Waals surface area contributed by atoms with Gasteiger partial charge in [-0.1, -0.05) is 0 Å². The van der Waals surface area contributed by atoms with Crippen molar-refractivity contribution in [3.63, 3.8) is 0 Å². The van der Waals surface area contributed by atoms with Gasteiger partial charge in [-0.15, -0.1) is 0 Å². The number of benzene rings is 1. The molecule has 0 radical (unpaired) electrons. The van der Waals surface area contributed by atoms with Crippen LogP contribution >= 0.6 is 0 Å². The largest absolute Gasteiger partial charge is 0.396 e. The molecule has 6 nitrogen and oxygen atoms in total. The quantitative estimate of drug-likeness (QED) is 0.917. The van der Waals surface area contributed by atoms with E-state index in [2.05, 4.69) is 14.9 Å².